The molecule has 2 aromatic carbocycles. The summed E-state index contributed by atoms with van der Waals surface area (Å²) in [5.41, 5.74) is 3.46. The number of hydrogen-bond acceptors (Lipinski definition) is 6. The van der Waals surface area contributed by atoms with Gasteiger partial charge in [0.05, 0.1) is 12.8 Å². The molecule has 1 aromatic heterocycles. The van der Waals surface area contributed by atoms with Gasteiger partial charge in [0, 0.05) is 21.2 Å². The van der Waals surface area contributed by atoms with Crippen molar-refractivity contribution in [2.45, 2.75) is 20.0 Å². The molecule has 0 fully saturated rings. The molecule has 4 rings (SSSR count). The van der Waals surface area contributed by atoms with E-state index in [-0.39, 0.29) is 24.7 Å². The molecule has 0 aliphatic carbocycles. The lowest BCUT2D eigenvalue weighted by atomic mass is 10.2. The Balaban J connectivity index is 1.64. The van der Waals surface area contributed by atoms with Crippen LogP contribution in [-0.4, -0.2) is 29.1 Å². The van der Waals surface area contributed by atoms with Crippen molar-refractivity contribution in [2.75, 3.05) is 18.1 Å². The van der Waals surface area contributed by atoms with Crippen LogP contribution in [0.5, 0.6) is 5.88 Å². The van der Waals surface area contributed by atoms with Crippen molar-refractivity contribution >= 4 is 49.5 Å². The summed E-state index contributed by atoms with van der Waals surface area (Å²) in [7, 11) is 0. The van der Waals surface area contributed by atoms with Gasteiger partial charge in [0.15, 0.2) is 0 Å². The van der Waals surface area contributed by atoms with E-state index in [0.29, 0.717) is 5.95 Å². The smallest absolute Gasteiger partial charge is 0.345 e. The molecular formula is C22H19Br2N3O3. The Bertz CT molecular complexity index is 1070. The van der Waals surface area contributed by atoms with Crippen molar-refractivity contribution < 1.29 is 14.3 Å². The Hall–Kier alpha value is -2.45. The molecule has 30 heavy (non-hydrogen) atoms. The van der Waals surface area contributed by atoms with Crippen LogP contribution in [0.15, 0.2) is 57.6 Å². The van der Waals surface area contributed by atoms with Crippen molar-refractivity contribution in [3.05, 3.63) is 74.3 Å². The van der Waals surface area contributed by atoms with Crippen molar-refractivity contribution in [3.63, 3.8) is 0 Å². The van der Waals surface area contributed by atoms with Crippen LogP contribution in [-0.2, 0) is 17.8 Å². The molecule has 154 valence electrons. The van der Waals surface area contributed by atoms with Gasteiger partial charge < -0.3 is 14.4 Å². The molecule has 0 saturated heterocycles. The molecule has 8 heteroatoms. The molecule has 0 saturated carbocycles. The maximum absolute atomic E-state index is 12.4. The maximum Gasteiger partial charge on any atom is 0.345 e. The van der Waals surface area contributed by atoms with Crippen molar-refractivity contribution in [1.29, 1.82) is 0 Å². The quantitative estimate of drug-likeness (QED) is 0.393. The topological polar surface area (TPSA) is 64.5 Å². The van der Waals surface area contributed by atoms with Crippen LogP contribution in [0.2, 0.25) is 0 Å². The van der Waals surface area contributed by atoms with Gasteiger partial charge in [0.2, 0.25) is 11.8 Å². The second-order valence-electron chi connectivity index (χ2n) is 6.70. The first-order valence-electron chi connectivity index (χ1n) is 9.52. The highest BCUT2D eigenvalue weighted by Gasteiger charge is 2.25. The van der Waals surface area contributed by atoms with Crippen molar-refractivity contribution in [3.8, 4) is 5.88 Å². The van der Waals surface area contributed by atoms with E-state index >= 15 is 0 Å². The number of halogens is 2. The number of esters is 1. The number of carbonyl (C=O) groups is 1. The number of anilines is 2. The van der Waals surface area contributed by atoms with Gasteiger partial charge >= 0.3 is 5.97 Å². The predicted octanol–water partition coefficient (Wildman–Crippen LogP) is 5.45. The number of ether oxygens (including phenoxy) is 2. The van der Waals surface area contributed by atoms with Crippen LogP contribution < -0.4 is 9.64 Å². The molecule has 0 atom stereocenters. The Morgan fingerprint density at radius 3 is 2.67 bits per heavy atom. The summed E-state index contributed by atoms with van der Waals surface area (Å²) in [5, 5.41) is 0. The van der Waals surface area contributed by atoms with Gasteiger partial charge in [-0.1, -0.05) is 44.0 Å². The molecule has 0 radical (unpaired) electrons. The molecule has 0 amide bonds. The predicted molar refractivity (Wildman–Crippen MR) is 121 cm³/mol. The Morgan fingerprint density at radius 2 is 1.90 bits per heavy atom. The number of nitrogens with zero attached hydrogens (tertiary/aromatic N) is 3. The average molecular weight is 533 g/mol. The van der Waals surface area contributed by atoms with Crippen LogP contribution >= 0.6 is 31.9 Å². The fourth-order valence-electron chi connectivity index (χ4n) is 3.26. The van der Waals surface area contributed by atoms with Gasteiger partial charge in [0.25, 0.3) is 0 Å². The Morgan fingerprint density at radius 1 is 1.13 bits per heavy atom. The third-order valence-electron chi connectivity index (χ3n) is 4.70. The molecule has 0 bridgehead atoms. The zero-order chi connectivity index (χ0) is 21.1. The third-order valence-corrected chi connectivity index (χ3v) is 5.73. The number of carbonyl (C=O) groups excluding carboxylic acids is 1. The average Bonchev–Trinajstić information content (AvgIpc) is 3.16. The van der Waals surface area contributed by atoms with Crippen LogP contribution in [0.1, 0.15) is 28.4 Å². The standard InChI is InChI=1S/C22H19Br2N3O3/c1-2-29-21(28)18-12-25-22(27-10-9-15-11-17(24)7-8-19(15)27)26-20(18)30-13-14-3-5-16(23)6-4-14/h3-8,11-12H,2,9-10,13H2,1H3. The lowest BCUT2D eigenvalue weighted by Crippen LogP contribution is -2.18. The number of fused-ring (bicyclic) bond motifs is 1. The summed E-state index contributed by atoms with van der Waals surface area (Å²) in [6.07, 6.45) is 2.38. The van der Waals surface area contributed by atoms with Gasteiger partial charge in [-0.3, -0.25) is 0 Å². The molecule has 0 N–H and O–H groups in total. The molecule has 0 spiro atoms. The Kier molecular flexibility index (Phi) is 6.34. The SMILES string of the molecule is CCOC(=O)c1cnc(N2CCc3cc(Br)ccc32)nc1OCc1ccc(Br)cc1. The van der Waals surface area contributed by atoms with E-state index in [1.54, 1.807) is 6.92 Å². The van der Waals surface area contributed by atoms with Crippen molar-refractivity contribution in [2.24, 2.45) is 0 Å². The fraction of sp³-hybridized carbons (Fsp3) is 0.227. The van der Waals surface area contributed by atoms with Crippen molar-refractivity contribution in [1.82, 2.24) is 9.97 Å². The molecular weight excluding hydrogens is 514 g/mol. The lowest BCUT2D eigenvalue weighted by molar-refractivity contribution is 0.0519. The molecule has 1 aliphatic rings. The molecule has 1 aliphatic heterocycles. The molecule has 0 unspecified atom stereocenters. The summed E-state index contributed by atoms with van der Waals surface area (Å²) >= 11 is 6.94. The summed E-state index contributed by atoms with van der Waals surface area (Å²) in [4.78, 5) is 23.4. The highest BCUT2D eigenvalue weighted by molar-refractivity contribution is 9.10. The molecule has 3 aromatic rings. The monoisotopic (exact) mass is 531 g/mol. The normalized spacial score (nSPS) is 12.6. The van der Waals surface area contributed by atoms with Gasteiger partial charge in [0.1, 0.15) is 12.2 Å². The highest BCUT2D eigenvalue weighted by Crippen LogP contribution is 2.35. The van der Waals surface area contributed by atoms with E-state index in [4.69, 9.17) is 9.47 Å². The lowest BCUT2D eigenvalue weighted by Gasteiger charge is -2.19. The number of hydrogen-bond donors (Lipinski definition) is 0. The number of aromatic nitrogens is 2. The summed E-state index contributed by atoms with van der Waals surface area (Å²) in [5.74, 6) is 0.211. The minimum Gasteiger partial charge on any atom is -0.472 e. The highest BCUT2D eigenvalue weighted by atomic mass is 79.9. The van der Waals surface area contributed by atoms with Gasteiger partial charge in [-0.15, -0.1) is 0 Å². The first-order valence-corrected chi connectivity index (χ1v) is 11.1. The number of benzene rings is 2. The third kappa shape index (κ3) is 4.49. The van der Waals surface area contributed by atoms with E-state index in [2.05, 4.69) is 47.9 Å². The van der Waals surface area contributed by atoms with Gasteiger partial charge in [-0.2, -0.15) is 4.98 Å². The largest absolute Gasteiger partial charge is 0.472 e. The summed E-state index contributed by atoms with van der Waals surface area (Å²) in [6, 6.07) is 13.9. The Labute approximate surface area is 191 Å². The molecule has 6 nitrogen and oxygen atoms in total. The van der Waals surface area contributed by atoms with Crippen LogP contribution in [0.3, 0.4) is 0 Å². The minimum absolute atomic E-state index is 0.215. The van der Waals surface area contributed by atoms with Crippen LogP contribution in [0, 0.1) is 0 Å². The second kappa shape index (κ2) is 9.14. The zero-order valence-electron chi connectivity index (χ0n) is 16.3. The van der Waals surface area contributed by atoms with E-state index in [1.165, 1.54) is 11.8 Å². The van der Waals surface area contributed by atoms with Gasteiger partial charge in [-0.05, 0) is 54.8 Å². The number of rotatable bonds is 6. The van der Waals surface area contributed by atoms with E-state index in [0.717, 1.165) is 33.2 Å². The first kappa shape index (κ1) is 20.8. The van der Waals surface area contributed by atoms with Crippen LogP contribution in [0.25, 0.3) is 0 Å². The van der Waals surface area contributed by atoms with E-state index in [9.17, 15) is 4.79 Å². The van der Waals surface area contributed by atoms with E-state index in [1.807, 2.05) is 41.3 Å². The minimum atomic E-state index is -0.499. The first-order chi connectivity index (χ1) is 14.5. The molecule has 2 heterocycles. The fourth-order valence-corrected chi connectivity index (χ4v) is 3.93. The second-order valence-corrected chi connectivity index (χ2v) is 8.53. The van der Waals surface area contributed by atoms with Gasteiger partial charge in [-0.25, -0.2) is 9.78 Å². The maximum atomic E-state index is 12.4. The van der Waals surface area contributed by atoms with E-state index < -0.39 is 5.97 Å². The van der Waals surface area contributed by atoms with Crippen LogP contribution in [0.4, 0.5) is 11.6 Å². The zero-order valence-corrected chi connectivity index (χ0v) is 19.4. The summed E-state index contributed by atoms with van der Waals surface area (Å²) in [6.45, 7) is 3.06. The summed E-state index contributed by atoms with van der Waals surface area (Å²) < 4.78 is 13.1.